The molecule has 1 rings (SSSR count). The molecule has 0 aliphatic rings. The Bertz CT molecular complexity index is 384. The SMILES string of the molecule is O=[N+]([O-])c1cccc(Cl)c1OCC(O)CO. The Hall–Kier alpha value is -1.37. The highest BCUT2D eigenvalue weighted by Gasteiger charge is 2.19. The number of hydrogen-bond donors (Lipinski definition) is 2. The molecule has 7 heteroatoms. The van der Waals surface area contributed by atoms with Gasteiger partial charge in [-0.3, -0.25) is 10.1 Å². The van der Waals surface area contributed by atoms with Crippen LogP contribution in [0.1, 0.15) is 0 Å². The second-order valence-corrected chi connectivity index (χ2v) is 3.40. The molecule has 0 fully saturated rings. The van der Waals surface area contributed by atoms with Crippen LogP contribution < -0.4 is 4.74 Å². The van der Waals surface area contributed by atoms with Crippen molar-refractivity contribution in [3.63, 3.8) is 0 Å². The zero-order chi connectivity index (χ0) is 12.1. The van der Waals surface area contributed by atoms with Crippen LogP contribution in [0.15, 0.2) is 18.2 Å². The second kappa shape index (κ2) is 5.64. The number of halogens is 1. The first kappa shape index (κ1) is 12.7. The fourth-order valence-corrected chi connectivity index (χ4v) is 1.24. The molecule has 2 N–H and O–H groups in total. The van der Waals surface area contributed by atoms with Gasteiger partial charge < -0.3 is 14.9 Å². The molecule has 0 saturated carbocycles. The summed E-state index contributed by atoms with van der Waals surface area (Å²) in [7, 11) is 0. The van der Waals surface area contributed by atoms with Gasteiger partial charge >= 0.3 is 5.69 Å². The fraction of sp³-hybridized carbons (Fsp3) is 0.333. The number of ether oxygens (including phenoxy) is 1. The quantitative estimate of drug-likeness (QED) is 0.598. The third-order valence-electron chi connectivity index (χ3n) is 1.77. The molecule has 1 aromatic carbocycles. The minimum atomic E-state index is -1.10. The minimum absolute atomic E-state index is 0.0827. The first-order valence-electron chi connectivity index (χ1n) is 4.41. The summed E-state index contributed by atoms with van der Waals surface area (Å²) in [5.74, 6) is -0.110. The summed E-state index contributed by atoms with van der Waals surface area (Å²) in [6.07, 6.45) is -1.10. The van der Waals surface area contributed by atoms with Gasteiger partial charge in [-0.2, -0.15) is 0 Å². The van der Waals surface area contributed by atoms with E-state index in [-0.39, 0.29) is 23.1 Å². The van der Waals surface area contributed by atoms with Gasteiger partial charge in [0.05, 0.1) is 16.6 Å². The highest BCUT2D eigenvalue weighted by molar-refractivity contribution is 6.32. The van der Waals surface area contributed by atoms with Gasteiger partial charge in [0, 0.05) is 6.07 Å². The molecule has 0 saturated heterocycles. The summed E-state index contributed by atoms with van der Waals surface area (Å²) in [6, 6.07) is 4.11. The lowest BCUT2D eigenvalue weighted by Crippen LogP contribution is -2.21. The van der Waals surface area contributed by atoms with Crippen molar-refractivity contribution in [2.75, 3.05) is 13.2 Å². The van der Waals surface area contributed by atoms with Crippen molar-refractivity contribution in [3.8, 4) is 5.75 Å². The van der Waals surface area contributed by atoms with Crippen LogP contribution in [0.3, 0.4) is 0 Å². The van der Waals surface area contributed by atoms with Crippen molar-refractivity contribution in [2.45, 2.75) is 6.10 Å². The summed E-state index contributed by atoms with van der Waals surface area (Å²) in [5, 5.41) is 28.3. The van der Waals surface area contributed by atoms with E-state index in [4.69, 9.17) is 26.6 Å². The average molecular weight is 248 g/mol. The highest BCUT2D eigenvalue weighted by Crippen LogP contribution is 2.34. The third-order valence-corrected chi connectivity index (χ3v) is 2.07. The van der Waals surface area contributed by atoms with E-state index in [0.717, 1.165) is 0 Å². The van der Waals surface area contributed by atoms with Crippen molar-refractivity contribution in [1.29, 1.82) is 0 Å². The van der Waals surface area contributed by atoms with E-state index >= 15 is 0 Å². The Labute approximate surface area is 96.2 Å². The number of nitrogens with zero attached hydrogens (tertiary/aromatic N) is 1. The van der Waals surface area contributed by atoms with Crippen molar-refractivity contribution in [3.05, 3.63) is 33.3 Å². The molecule has 0 aliphatic heterocycles. The maximum absolute atomic E-state index is 10.6. The Morgan fingerprint density at radius 2 is 2.25 bits per heavy atom. The maximum Gasteiger partial charge on any atom is 0.312 e. The number of aliphatic hydroxyl groups is 2. The van der Waals surface area contributed by atoms with Gasteiger partial charge in [0.25, 0.3) is 0 Å². The van der Waals surface area contributed by atoms with E-state index in [1.165, 1.54) is 18.2 Å². The maximum atomic E-state index is 10.6. The lowest BCUT2D eigenvalue weighted by molar-refractivity contribution is -0.385. The van der Waals surface area contributed by atoms with Crippen molar-refractivity contribution < 1.29 is 19.9 Å². The van der Waals surface area contributed by atoms with Gasteiger partial charge in [0.2, 0.25) is 5.75 Å². The van der Waals surface area contributed by atoms with Crippen LogP contribution in [0.4, 0.5) is 5.69 Å². The van der Waals surface area contributed by atoms with Gasteiger partial charge in [-0.1, -0.05) is 17.7 Å². The standard InChI is InChI=1S/C9H10ClNO5/c10-7-2-1-3-8(11(14)15)9(7)16-5-6(13)4-12/h1-3,6,12-13H,4-5H2. The Morgan fingerprint density at radius 3 is 2.81 bits per heavy atom. The molecule has 0 bridgehead atoms. The summed E-state index contributed by atoms with van der Waals surface area (Å²) in [6.45, 7) is -0.751. The predicted octanol–water partition coefficient (Wildman–Crippen LogP) is 0.980. The Kier molecular flexibility index (Phi) is 4.48. The van der Waals surface area contributed by atoms with E-state index in [9.17, 15) is 10.1 Å². The van der Waals surface area contributed by atoms with E-state index in [2.05, 4.69) is 0 Å². The Morgan fingerprint density at radius 1 is 1.56 bits per heavy atom. The van der Waals surface area contributed by atoms with Crippen LogP contribution >= 0.6 is 11.6 Å². The topological polar surface area (TPSA) is 92.8 Å². The van der Waals surface area contributed by atoms with Crippen LogP contribution in [0.2, 0.25) is 5.02 Å². The molecular weight excluding hydrogens is 238 g/mol. The van der Waals surface area contributed by atoms with Gasteiger partial charge in [0.15, 0.2) is 0 Å². The average Bonchev–Trinajstić information content (AvgIpc) is 2.26. The first-order valence-corrected chi connectivity index (χ1v) is 4.78. The van der Waals surface area contributed by atoms with Gasteiger partial charge in [-0.25, -0.2) is 0 Å². The molecule has 16 heavy (non-hydrogen) atoms. The zero-order valence-corrected chi connectivity index (χ0v) is 8.92. The molecular formula is C9H10ClNO5. The second-order valence-electron chi connectivity index (χ2n) is 2.99. The molecule has 0 radical (unpaired) electrons. The summed E-state index contributed by atoms with van der Waals surface area (Å²) >= 11 is 5.73. The van der Waals surface area contributed by atoms with Crippen molar-refractivity contribution >= 4 is 17.3 Å². The van der Waals surface area contributed by atoms with Crippen molar-refractivity contribution in [2.24, 2.45) is 0 Å². The molecule has 1 unspecified atom stereocenters. The molecule has 0 heterocycles. The van der Waals surface area contributed by atoms with E-state index < -0.39 is 17.6 Å². The molecule has 0 spiro atoms. The lowest BCUT2D eigenvalue weighted by Gasteiger charge is -2.10. The summed E-state index contributed by atoms with van der Waals surface area (Å²) in [4.78, 5) is 10.0. The first-order chi connectivity index (χ1) is 7.56. The van der Waals surface area contributed by atoms with E-state index in [0.29, 0.717) is 0 Å². The fourth-order valence-electron chi connectivity index (χ4n) is 1.02. The molecule has 0 amide bonds. The monoisotopic (exact) mass is 247 g/mol. The highest BCUT2D eigenvalue weighted by atomic mass is 35.5. The van der Waals surface area contributed by atoms with E-state index in [1.807, 2.05) is 0 Å². The molecule has 0 aliphatic carbocycles. The smallest absolute Gasteiger partial charge is 0.312 e. The number of benzene rings is 1. The number of nitro groups is 1. The molecule has 1 atom stereocenters. The van der Waals surface area contributed by atoms with Gasteiger partial charge in [0.1, 0.15) is 12.7 Å². The van der Waals surface area contributed by atoms with Crippen LogP contribution in [-0.2, 0) is 0 Å². The van der Waals surface area contributed by atoms with Gasteiger partial charge in [-0.05, 0) is 6.07 Å². The van der Waals surface area contributed by atoms with E-state index in [1.54, 1.807) is 0 Å². The van der Waals surface area contributed by atoms with Crippen molar-refractivity contribution in [1.82, 2.24) is 0 Å². The predicted molar refractivity (Wildman–Crippen MR) is 56.7 cm³/mol. The Balaban J connectivity index is 2.88. The van der Waals surface area contributed by atoms with Crippen LogP contribution in [0, 0.1) is 10.1 Å². The number of rotatable bonds is 5. The summed E-state index contributed by atoms with van der Waals surface area (Å²) in [5.41, 5.74) is -0.280. The third kappa shape index (κ3) is 3.06. The number of hydrogen-bond acceptors (Lipinski definition) is 5. The van der Waals surface area contributed by atoms with Crippen LogP contribution in [0.5, 0.6) is 5.75 Å². The minimum Gasteiger partial charge on any atom is -0.483 e. The van der Waals surface area contributed by atoms with Crippen LogP contribution in [0.25, 0.3) is 0 Å². The largest absolute Gasteiger partial charge is 0.483 e. The number of nitro benzene ring substituents is 1. The molecule has 0 aromatic heterocycles. The molecule has 1 aromatic rings. The zero-order valence-electron chi connectivity index (χ0n) is 8.17. The molecule has 6 nitrogen and oxygen atoms in total. The van der Waals surface area contributed by atoms with Gasteiger partial charge in [-0.15, -0.1) is 0 Å². The summed E-state index contributed by atoms with van der Waals surface area (Å²) < 4.78 is 5.00. The lowest BCUT2D eigenvalue weighted by atomic mass is 10.3. The normalized spacial score (nSPS) is 12.2. The van der Waals surface area contributed by atoms with Crippen LogP contribution in [-0.4, -0.2) is 34.5 Å². The number of para-hydroxylation sites is 1. The molecule has 88 valence electrons. The number of aliphatic hydroxyl groups excluding tert-OH is 2.